The second-order valence-corrected chi connectivity index (χ2v) is 8.81. The van der Waals surface area contributed by atoms with Gasteiger partial charge in [0.05, 0.1) is 5.56 Å². The number of nitrogens with one attached hydrogen (secondary N) is 2. The van der Waals surface area contributed by atoms with Crippen molar-refractivity contribution >= 4 is 17.3 Å². The van der Waals surface area contributed by atoms with Crippen molar-refractivity contribution in [2.24, 2.45) is 0 Å². The minimum absolute atomic E-state index is 0.00801. The second-order valence-electron chi connectivity index (χ2n) is 8.81. The number of rotatable bonds is 7. The molecule has 0 atom stereocenters. The van der Waals surface area contributed by atoms with E-state index in [2.05, 4.69) is 32.8 Å². The topological polar surface area (TPSA) is 63.5 Å². The average molecular weight is 518 g/mol. The zero-order valence-electron chi connectivity index (χ0n) is 19.6. The van der Waals surface area contributed by atoms with Crippen LogP contribution >= 0.6 is 0 Å². The smallest absolute Gasteiger partial charge is 0.416 e. The van der Waals surface area contributed by atoms with Gasteiger partial charge in [-0.3, -0.25) is 0 Å². The molecule has 6 nitrogen and oxygen atoms in total. The number of hydrogen-bond donors (Lipinski definition) is 2. The highest BCUT2D eigenvalue weighted by Gasteiger charge is 2.32. The highest BCUT2D eigenvalue weighted by atomic mass is 19.4. The molecular formula is C26H24F5N5O. The standard InChI is InChI=1S/C26H24F5N5O/c27-23(28)15-37-22-8-5-18(26(29,30)31)14-21(22)20-2-1-13-36-24(20)34-25(35-36)33-19-6-3-16(4-7-19)17-9-11-32-12-10-17/h1-8,13-14,17,23,32H,9-12,15H2,(H,33,35). The van der Waals surface area contributed by atoms with Gasteiger partial charge < -0.3 is 15.4 Å². The van der Waals surface area contributed by atoms with Crippen LogP contribution in [0.2, 0.25) is 0 Å². The first-order chi connectivity index (χ1) is 17.8. The normalized spacial score (nSPS) is 14.9. The molecule has 0 radical (unpaired) electrons. The lowest BCUT2D eigenvalue weighted by Crippen LogP contribution is -2.26. The van der Waals surface area contributed by atoms with Gasteiger partial charge in [-0.2, -0.15) is 18.2 Å². The van der Waals surface area contributed by atoms with Crippen molar-refractivity contribution in [2.75, 3.05) is 25.0 Å². The largest absolute Gasteiger partial charge is 0.487 e. The molecule has 194 valence electrons. The van der Waals surface area contributed by atoms with Crippen LogP contribution in [0.25, 0.3) is 16.8 Å². The number of aromatic nitrogens is 3. The molecular weight excluding hydrogens is 493 g/mol. The fraction of sp³-hybridized carbons (Fsp3) is 0.308. The molecule has 0 amide bonds. The molecule has 2 aromatic carbocycles. The molecule has 0 aliphatic carbocycles. The second kappa shape index (κ2) is 10.3. The molecule has 0 unspecified atom stereocenters. The van der Waals surface area contributed by atoms with Gasteiger partial charge in [-0.1, -0.05) is 12.1 Å². The summed E-state index contributed by atoms with van der Waals surface area (Å²) in [5.41, 5.74) is 1.59. The molecule has 5 rings (SSSR count). The predicted molar refractivity (Wildman–Crippen MR) is 129 cm³/mol. The van der Waals surface area contributed by atoms with Crippen molar-refractivity contribution < 1.29 is 26.7 Å². The predicted octanol–water partition coefficient (Wildman–Crippen LogP) is 6.27. The van der Waals surface area contributed by atoms with Crippen molar-refractivity contribution in [3.05, 3.63) is 71.9 Å². The Morgan fingerprint density at radius 3 is 2.49 bits per heavy atom. The number of fused-ring (bicyclic) bond motifs is 1. The van der Waals surface area contributed by atoms with Crippen LogP contribution in [-0.2, 0) is 6.18 Å². The van der Waals surface area contributed by atoms with Gasteiger partial charge in [0, 0.05) is 23.0 Å². The Morgan fingerprint density at radius 1 is 1.03 bits per heavy atom. The minimum Gasteiger partial charge on any atom is -0.487 e. The number of nitrogens with zero attached hydrogens (tertiary/aromatic N) is 3. The monoisotopic (exact) mass is 517 g/mol. The van der Waals surface area contributed by atoms with Gasteiger partial charge in [-0.15, -0.1) is 5.10 Å². The number of hydrogen-bond acceptors (Lipinski definition) is 5. The summed E-state index contributed by atoms with van der Waals surface area (Å²) in [5, 5.41) is 10.9. The minimum atomic E-state index is -4.62. The lowest BCUT2D eigenvalue weighted by atomic mass is 9.90. The fourth-order valence-corrected chi connectivity index (χ4v) is 4.49. The Bertz CT molecular complexity index is 1360. The van der Waals surface area contributed by atoms with Gasteiger partial charge in [0.1, 0.15) is 12.4 Å². The van der Waals surface area contributed by atoms with E-state index in [9.17, 15) is 22.0 Å². The van der Waals surface area contributed by atoms with Crippen LogP contribution in [0.5, 0.6) is 5.75 Å². The third-order valence-electron chi connectivity index (χ3n) is 6.30. The molecule has 1 aliphatic heterocycles. The summed E-state index contributed by atoms with van der Waals surface area (Å²) in [6.07, 6.45) is -3.63. The Hall–Kier alpha value is -3.73. The fourth-order valence-electron chi connectivity index (χ4n) is 4.49. The molecule has 2 N–H and O–H groups in total. The van der Waals surface area contributed by atoms with E-state index in [1.165, 1.54) is 10.1 Å². The molecule has 1 fully saturated rings. The molecule has 0 spiro atoms. The Kier molecular flexibility index (Phi) is 6.96. The molecule has 4 aromatic rings. The third kappa shape index (κ3) is 5.66. The number of benzene rings is 2. The summed E-state index contributed by atoms with van der Waals surface area (Å²) in [6.45, 7) is 1.05. The van der Waals surface area contributed by atoms with Crippen molar-refractivity contribution in [3.8, 4) is 16.9 Å². The van der Waals surface area contributed by atoms with Gasteiger partial charge in [0.25, 0.3) is 6.43 Å². The van der Waals surface area contributed by atoms with E-state index in [0.717, 1.165) is 49.8 Å². The molecule has 37 heavy (non-hydrogen) atoms. The SMILES string of the molecule is FC(F)COc1ccc(C(F)(F)F)cc1-c1cccn2nc(Nc3ccc(C4CCNCC4)cc3)nc12. The van der Waals surface area contributed by atoms with Crippen LogP contribution in [0.3, 0.4) is 0 Å². The number of anilines is 2. The zero-order valence-corrected chi connectivity index (χ0v) is 19.6. The van der Waals surface area contributed by atoms with Crippen molar-refractivity contribution in [1.82, 2.24) is 19.9 Å². The summed E-state index contributed by atoms with van der Waals surface area (Å²) < 4.78 is 72.4. The van der Waals surface area contributed by atoms with Gasteiger partial charge in [-0.05, 0) is 79.9 Å². The summed E-state index contributed by atoms with van der Waals surface area (Å²) in [6, 6.07) is 13.9. The van der Waals surface area contributed by atoms with E-state index < -0.39 is 24.8 Å². The first-order valence-corrected chi connectivity index (χ1v) is 11.8. The van der Waals surface area contributed by atoms with Crippen LogP contribution in [0.4, 0.5) is 33.6 Å². The molecule has 11 heteroatoms. The molecule has 2 aromatic heterocycles. The maximum absolute atomic E-state index is 13.4. The average Bonchev–Trinajstić information content (AvgIpc) is 3.30. The first kappa shape index (κ1) is 24.9. The number of halogens is 5. The van der Waals surface area contributed by atoms with E-state index >= 15 is 0 Å². The Labute approximate surface area is 209 Å². The van der Waals surface area contributed by atoms with Crippen molar-refractivity contribution in [3.63, 3.8) is 0 Å². The van der Waals surface area contributed by atoms with Crippen LogP contribution in [0, 0.1) is 0 Å². The maximum Gasteiger partial charge on any atom is 0.416 e. The zero-order chi connectivity index (χ0) is 26.0. The quantitative estimate of drug-likeness (QED) is 0.283. The first-order valence-electron chi connectivity index (χ1n) is 11.8. The summed E-state index contributed by atoms with van der Waals surface area (Å²) in [4.78, 5) is 4.47. The van der Waals surface area contributed by atoms with E-state index in [4.69, 9.17) is 4.74 Å². The lowest BCUT2D eigenvalue weighted by Gasteiger charge is -2.23. The number of piperidine rings is 1. The van der Waals surface area contributed by atoms with Crippen molar-refractivity contribution in [2.45, 2.75) is 31.4 Å². The molecule has 1 aliphatic rings. The van der Waals surface area contributed by atoms with Gasteiger partial charge >= 0.3 is 6.18 Å². The van der Waals surface area contributed by atoms with Gasteiger partial charge in [0.2, 0.25) is 5.95 Å². The molecule has 0 saturated carbocycles. The number of ether oxygens (including phenoxy) is 1. The van der Waals surface area contributed by atoms with Crippen LogP contribution in [0.1, 0.15) is 29.9 Å². The van der Waals surface area contributed by atoms with Crippen LogP contribution in [-0.4, -0.2) is 40.7 Å². The summed E-state index contributed by atoms with van der Waals surface area (Å²) in [5.74, 6) is 0.650. The summed E-state index contributed by atoms with van der Waals surface area (Å²) in [7, 11) is 0. The molecule has 3 heterocycles. The van der Waals surface area contributed by atoms with Crippen molar-refractivity contribution in [1.29, 1.82) is 0 Å². The Balaban J connectivity index is 1.46. The van der Waals surface area contributed by atoms with Gasteiger partial charge in [-0.25, -0.2) is 13.3 Å². The number of alkyl halides is 5. The molecule has 1 saturated heterocycles. The van der Waals surface area contributed by atoms with E-state index in [1.807, 2.05) is 12.1 Å². The number of pyridine rings is 1. The highest BCUT2D eigenvalue weighted by molar-refractivity contribution is 5.82. The van der Waals surface area contributed by atoms with Crippen LogP contribution in [0.15, 0.2) is 60.8 Å². The molecule has 0 bridgehead atoms. The van der Waals surface area contributed by atoms with E-state index in [0.29, 0.717) is 5.92 Å². The van der Waals surface area contributed by atoms with E-state index in [-0.39, 0.29) is 28.5 Å². The van der Waals surface area contributed by atoms with E-state index in [1.54, 1.807) is 18.3 Å². The highest BCUT2D eigenvalue weighted by Crippen LogP contribution is 2.39. The Morgan fingerprint density at radius 2 is 1.78 bits per heavy atom. The lowest BCUT2D eigenvalue weighted by molar-refractivity contribution is -0.137. The van der Waals surface area contributed by atoms with Crippen LogP contribution < -0.4 is 15.4 Å². The van der Waals surface area contributed by atoms with Gasteiger partial charge in [0.15, 0.2) is 5.65 Å². The maximum atomic E-state index is 13.4. The summed E-state index contributed by atoms with van der Waals surface area (Å²) >= 11 is 0. The third-order valence-corrected chi connectivity index (χ3v) is 6.30.